The number of ketones is 1. The SMILES string of the molecule is COc1ccc(C(=O)c2cc(C)c(C)s2)cc1F. The topological polar surface area (TPSA) is 26.3 Å². The van der Waals surface area contributed by atoms with Crippen LogP contribution in [0.15, 0.2) is 24.3 Å². The van der Waals surface area contributed by atoms with Crippen LogP contribution in [0.3, 0.4) is 0 Å². The molecule has 94 valence electrons. The smallest absolute Gasteiger partial charge is 0.203 e. The van der Waals surface area contributed by atoms with Crippen LogP contribution in [0.5, 0.6) is 5.75 Å². The molecule has 0 unspecified atom stereocenters. The number of thiophene rings is 1. The molecule has 2 aromatic rings. The number of aryl methyl sites for hydroxylation is 2. The van der Waals surface area contributed by atoms with Gasteiger partial charge >= 0.3 is 0 Å². The first-order chi connectivity index (χ1) is 8.52. The van der Waals surface area contributed by atoms with Gasteiger partial charge in [0.2, 0.25) is 5.78 Å². The molecule has 2 nitrogen and oxygen atoms in total. The molecule has 0 amide bonds. The lowest BCUT2D eigenvalue weighted by Gasteiger charge is -2.03. The summed E-state index contributed by atoms with van der Waals surface area (Å²) in [5, 5.41) is 0. The molecule has 0 aliphatic heterocycles. The van der Waals surface area contributed by atoms with Gasteiger partial charge in [0.1, 0.15) is 0 Å². The lowest BCUT2D eigenvalue weighted by atomic mass is 10.1. The molecule has 0 atom stereocenters. The minimum absolute atomic E-state index is 0.144. The zero-order valence-corrected chi connectivity index (χ0v) is 11.2. The normalized spacial score (nSPS) is 10.4. The number of benzene rings is 1. The number of hydrogen-bond donors (Lipinski definition) is 0. The Kier molecular flexibility index (Phi) is 3.48. The van der Waals surface area contributed by atoms with Crippen molar-refractivity contribution in [3.05, 3.63) is 51.0 Å². The Bertz CT molecular complexity index is 582. The number of hydrogen-bond acceptors (Lipinski definition) is 3. The van der Waals surface area contributed by atoms with E-state index in [2.05, 4.69) is 0 Å². The summed E-state index contributed by atoms with van der Waals surface area (Å²) in [5.41, 5.74) is 1.42. The highest BCUT2D eigenvalue weighted by Gasteiger charge is 2.15. The predicted molar refractivity (Wildman–Crippen MR) is 70.2 cm³/mol. The van der Waals surface area contributed by atoms with Crippen LogP contribution in [0.4, 0.5) is 4.39 Å². The van der Waals surface area contributed by atoms with Crippen LogP contribution in [0.1, 0.15) is 25.7 Å². The number of carbonyl (C=O) groups is 1. The fraction of sp³-hybridized carbons (Fsp3) is 0.214. The second-order valence-electron chi connectivity index (χ2n) is 4.03. The van der Waals surface area contributed by atoms with Crippen LogP contribution in [0.25, 0.3) is 0 Å². The predicted octanol–water partition coefficient (Wildman–Crippen LogP) is 3.74. The number of methoxy groups -OCH3 is 1. The number of carbonyl (C=O) groups excluding carboxylic acids is 1. The molecule has 0 saturated carbocycles. The molecule has 1 aromatic heterocycles. The van der Waals surface area contributed by atoms with E-state index in [1.807, 2.05) is 19.9 Å². The summed E-state index contributed by atoms with van der Waals surface area (Å²) in [4.78, 5) is 13.9. The van der Waals surface area contributed by atoms with Crippen LogP contribution < -0.4 is 4.74 Å². The van der Waals surface area contributed by atoms with E-state index >= 15 is 0 Å². The van der Waals surface area contributed by atoms with Gasteiger partial charge in [-0.3, -0.25) is 4.79 Å². The molecule has 0 aliphatic rings. The van der Waals surface area contributed by atoms with Crippen molar-refractivity contribution in [1.29, 1.82) is 0 Å². The van der Waals surface area contributed by atoms with Crippen LogP contribution in [-0.2, 0) is 0 Å². The van der Waals surface area contributed by atoms with Crippen molar-refractivity contribution in [2.75, 3.05) is 7.11 Å². The summed E-state index contributed by atoms with van der Waals surface area (Å²) < 4.78 is 18.4. The molecular weight excluding hydrogens is 251 g/mol. The summed E-state index contributed by atoms with van der Waals surface area (Å²) in [6, 6.07) is 6.10. The summed E-state index contributed by atoms with van der Waals surface area (Å²) in [6.45, 7) is 3.92. The molecule has 0 N–H and O–H groups in total. The summed E-state index contributed by atoms with van der Waals surface area (Å²) in [6.07, 6.45) is 0. The van der Waals surface area contributed by atoms with Crippen LogP contribution >= 0.6 is 11.3 Å². The van der Waals surface area contributed by atoms with E-state index in [4.69, 9.17) is 4.74 Å². The van der Waals surface area contributed by atoms with Crippen LogP contribution in [0, 0.1) is 19.7 Å². The molecule has 0 fully saturated rings. The third-order valence-electron chi connectivity index (χ3n) is 2.80. The van der Waals surface area contributed by atoms with Crippen molar-refractivity contribution in [1.82, 2.24) is 0 Å². The van der Waals surface area contributed by atoms with Gasteiger partial charge in [0.05, 0.1) is 12.0 Å². The number of halogens is 1. The summed E-state index contributed by atoms with van der Waals surface area (Å²) in [5.74, 6) is -0.531. The number of ether oxygens (including phenoxy) is 1. The minimum Gasteiger partial charge on any atom is -0.494 e. The maximum Gasteiger partial charge on any atom is 0.203 e. The maximum atomic E-state index is 13.5. The van der Waals surface area contributed by atoms with Gasteiger partial charge in [-0.15, -0.1) is 11.3 Å². The van der Waals surface area contributed by atoms with Crippen molar-refractivity contribution in [2.45, 2.75) is 13.8 Å². The molecule has 18 heavy (non-hydrogen) atoms. The molecule has 0 radical (unpaired) electrons. The molecule has 1 heterocycles. The van der Waals surface area contributed by atoms with Gasteiger partial charge in [-0.2, -0.15) is 0 Å². The molecular formula is C14H13FO2S. The lowest BCUT2D eigenvalue weighted by molar-refractivity contribution is 0.104. The largest absolute Gasteiger partial charge is 0.494 e. The van der Waals surface area contributed by atoms with E-state index in [1.54, 1.807) is 6.07 Å². The Hall–Kier alpha value is -1.68. The zero-order valence-electron chi connectivity index (χ0n) is 10.4. The summed E-state index contributed by atoms with van der Waals surface area (Å²) in [7, 11) is 1.39. The highest BCUT2D eigenvalue weighted by molar-refractivity contribution is 7.14. The first-order valence-electron chi connectivity index (χ1n) is 5.48. The van der Waals surface area contributed by atoms with Crippen LogP contribution in [-0.4, -0.2) is 12.9 Å². The highest BCUT2D eigenvalue weighted by Crippen LogP contribution is 2.25. The van der Waals surface area contributed by atoms with E-state index in [9.17, 15) is 9.18 Å². The third kappa shape index (κ3) is 2.29. The van der Waals surface area contributed by atoms with Crippen LogP contribution in [0.2, 0.25) is 0 Å². The van der Waals surface area contributed by atoms with E-state index in [0.29, 0.717) is 10.4 Å². The van der Waals surface area contributed by atoms with Crippen molar-refractivity contribution < 1.29 is 13.9 Å². The third-order valence-corrected chi connectivity index (χ3v) is 3.96. The number of rotatable bonds is 3. The van der Waals surface area contributed by atoms with Crippen molar-refractivity contribution in [3.8, 4) is 5.75 Å². The Balaban J connectivity index is 2.37. The van der Waals surface area contributed by atoms with E-state index < -0.39 is 5.82 Å². The highest BCUT2D eigenvalue weighted by atomic mass is 32.1. The second-order valence-corrected chi connectivity index (χ2v) is 5.28. The van der Waals surface area contributed by atoms with Gasteiger partial charge in [-0.1, -0.05) is 0 Å². The quantitative estimate of drug-likeness (QED) is 0.789. The van der Waals surface area contributed by atoms with Crippen molar-refractivity contribution in [3.63, 3.8) is 0 Å². The maximum absolute atomic E-state index is 13.5. The fourth-order valence-electron chi connectivity index (χ4n) is 1.63. The van der Waals surface area contributed by atoms with Gasteiger partial charge < -0.3 is 4.74 Å². The molecule has 0 spiro atoms. The molecule has 4 heteroatoms. The Morgan fingerprint density at radius 3 is 2.50 bits per heavy atom. The monoisotopic (exact) mass is 264 g/mol. The molecule has 1 aromatic carbocycles. The van der Waals surface area contributed by atoms with Gasteiger partial charge in [-0.25, -0.2) is 4.39 Å². The molecule has 0 saturated heterocycles. The van der Waals surface area contributed by atoms with E-state index in [-0.39, 0.29) is 11.5 Å². The Morgan fingerprint density at radius 2 is 2.00 bits per heavy atom. The summed E-state index contributed by atoms with van der Waals surface area (Å²) >= 11 is 1.43. The molecule has 0 bridgehead atoms. The van der Waals surface area contributed by atoms with E-state index in [0.717, 1.165) is 10.4 Å². The standard InChI is InChI=1S/C14H13FO2S/c1-8-6-13(18-9(8)2)14(16)10-4-5-12(17-3)11(15)7-10/h4-7H,1-3H3. The lowest BCUT2D eigenvalue weighted by Crippen LogP contribution is -2.00. The van der Waals surface area contributed by atoms with Gasteiger partial charge in [-0.05, 0) is 43.7 Å². The van der Waals surface area contributed by atoms with Crippen molar-refractivity contribution in [2.24, 2.45) is 0 Å². The Morgan fingerprint density at radius 1 is 1.28 bits per heavy atom. The van der Waals surface area contributed by atoms with Gasteiger partial charge in [0, 0.05) is 10.4 Å². The average molecular weight is 264 g/mol. The minimum atomic E-state index is -0.520. The Labute approximate surface area is 109 Å². The van der Waals surface area contributed by atoms with E-state index in [1.165, 1.54) is 30.6 Å². The zero-order chi connectivity index (χ0) is 13.3. The fourth-order valence-corrected chi connectivity index (χ4v) is 2.63. The van der Waals surface area contributed by atoms with Crippen molar-refractivity contribution >= 4 is 17.1 Å². The first kappa shape index (κ1) is 12.8. The van der Waals surface area contributed by atoms with Gasteiger partial charge in [0.25, 0.3) is 0 Å². The molecule has 0 aliphatic carbocycles. The second kappa shape index (κ2) is 4.90. The molecule has 2 rings (SSSR count). The van der Waals surface area contributed by atoms with Gasteiger partial charge in [0.15, 0.2) is 11.6 Å². The average Bonchev–Trinajstić information content (AvgIpc) is 2.68. The first-order valence-corrected chi connectivity index (χ1v) is 6.30.